The van der Waals surface area contributed by atoms with Gasteiger partial charge in [-0.05, 0) is 61.2 Å². The number of carbonyl (C=O) groups excluding carboxylic acids is 3. The van der Waals surface area contributed by atoms with Gasteiger partial charge in [-0.15, -0.1) is 0 Å². The van der Waals surface area contributed by atoms with Crippen LogP contribution >= 0.6 is 0 Å². The molecule has 0 aromatic rings. The normalized spacial score (nSPS) is 52.8. The summed E-state index contributed by atoms with van der Waals surface area (Å²) in [6, 6.07) is 0. The molecule has 0 bridgehead atoms. The first-order valence-corrected chi connectivity index (χ1v) is 9.06. The second-order valence-corrected chi connectivity index (χ2v) is 8.96. The summed E-state index contributed by atoms with van der Waals surface area (Å²) >= 11 is 0. The van der Waals surface area contributed by atoms with Gasteiger partial charge in [0.05, 0.1) is 0 Å². The van der Waals surface area contributed by atoms with Crippen LogP contribution in [0.5, 0.6) is 0 Å². The van der Waals surface area contributed by atoms with Gasteiger partial charge in [0.15, 0.2) is 17.3 Å². The Bertz CT molecular complexity index is 596. The van der Waals surface area contributed by atoms with Gasteiger partial charge in [0.2, 0.25) is 0 Å². The van der Waals surface area contributed by atoms with E-state index >= 15 is 0 Å². The third-order valence-corrected chi connectivity index (χ3v) is 8.08. The molecule has 4 fully saturated rings. The van der Waals surface area contributed by atoms with Gasteiger partial charge in [-0.2, -0.15) is 0 Å². The van der Waals surface area contributed by atoms with Crippen molar-refractivity contribution in [3.05, 3.63) is 0 Å². The Kier molecular flexibility index (Phi) is 3.20. The largest absolute Gasteiger partial charge is 0.385 e. The summed E-state index contributed by atoms with van der Waals surface area (Å²) in [6.07, 6.45) is 4.37. The van der Waals surface area contributed by atoms with Crippen LogP contribution in [0.15, 0.2) is 0 Å². The average Bonchev–Trinajstić information content (AvgIpc) is 2.73. The molecule has 126 valence electrons. The molecule has 7 atom stereocenters. The van der Waals surface area contributed by atoms with Crippen LogP contribution < -0.4 is 0 Å². The van der Waals surface area contributed by atoms with Gasteiger partial charge in [0.1, 0.15) is 6.10 Å². The van der Waals surface area contributed by atoms with Crippen molar-refractivity contribution in [2.75, 3.05) is 0 Å². The number of hydrogen-bond acceptors (Lipinski definition) is 4. The molecule has 4 heteroatoms. The molecule has 4 nitrogen and oxygen atoms in total. The van der Waals surface area contributed by atoms with E-state index < -0.39 is 6.10 Å². The van der Waals surface area contributed by atoms with E-state index in [2.05, 4.69) is 6.92 Å². The van der Waals surface area contributed by atoms with Crippen LogP contribution in [0, 0.1) is 34.5 Å². The van der Waals surface area contributed by atoms with Gasteiger partial charge in [0, 0.05) is 18.3 Å². The molecule has 4 aliphatic rings. The van der Waals surface area contributed by atoms with E-state index in [0.717, 1.165) is 25.7 Å². The highest BCUT2D eigenvalue weighted by molar-refractivity contribution is 6.38. The molecule has 0 radical (unpaired) electrons. The summed E-state index contributed by atoms with van der Waals surface area (Å²) in [7, 11) is 0. The number of carbonyl (C=O) groups is 3. The van der Waals surface area contributed by atoms with Crippen LogP contribution in [0.2, 0.25) is 0 Å². The van der Waals surface area contributed by atoms with Crippen LogP contribution in [0.4, 0.5) is 0 Å². The lowest BCUT2D eigenvalue weighted by atomic mass is 9.45. The molecule has 4 aliphatic carbocycles. The number of hydrogen-bond donors (Lipinski definition) is 1. The summed E-state index contributed by atoms with van der Waals surface area (Å²) in [6.45, 7) is 4.24. The maximum Gasteiger partial charge on any atom is 0.198 e. The van der Waals surface area contributed by atoms with Gasteiger partial charge in [0.25, 0.3) is 0 Å². The highest BCUT2D eigenvalue weighted by atomic mass is 16.3. The number of Topliss-reactive ketones (excluding diaryl/α,β-unsaturated/α-hetero) is 3. The van der Waals surface area contributed by atoms with Gasteiger partial charge in [-0.1, -0.05) is 13.8 Å². The minimum absolute atomic E-state index is 0.0307. The molecule has 1 N–H and O–H groups in total. The third kappa shape index (κ3) is 1.90. The molecule has 0 aromatic carbocycles. The summed E-state index contributed by atoms with van der Waals surface area (Å²) in [4.78, 5) is 36.4. The van der Waals surface area contributed by atoms with Gasteiger partial charge in [-0.25, -0.2) is 0 Å². The molecular formula is C19H26O4. The lowest BCUT2D eigenvalue weighted by molar-refractivity contribution is -0.155. The molecule has 1 unspecified atom stereocenters. The average molecular weight is 318 g/mol. The van der Waals surface area contributed by atoms with Gasteiger partial charge >= 0.3 is 0 Å². The van der Waals surface area contributed by atoms with Crippen LogP contribution in [0.1, 0.15) is 58.8 Å². The van der Waals surface area contributed by atoms with Crippen LogP contribution in [-0.2, 0) is 14.4 Å². The Hall–Kier alpha value is -1.03. The zero-order valence-corrected chi connectivity index (χ0v) is 14.0. The van der Waals surface area contributed by atoms with E-state index in [-0.39, 0.29) is 34.1 Å². The lowest BCUT2D eigenvalue weighted by Crippen LogP contribution is -2.55. The molecule has 0 aliphatic heterocycles. The van der Waals surface area contributed by atoms with Gasteiger partial charge < -0.3 is 5.11 Å². The number of aliphatic hydroxyl groups is 1. The van der Waals surface area contributed by atoms with Crippen molar-refractivity contribution in [2.45, 2.75) is 64.9 Å². The molecular weight excluding hydrogens is 292 g/mol. The Morgan fingerprint density at radius 1 is 1.00 bits per heavy atom. The van der Waals surface area contributed by atoms with Crippen molar-refractivity contribution >= 4 is 17.3 Å². The highest BCUT2D eigenvalue weighted by Gasteiger charge is 2.62. The fourth-order valence-corrected chi connectivity index (χ4v) is 6.72. The molecule has 0 spiro atoms. The topological polar surface area (TPSA) is 71.4 Å². The fourth-order valence-electron chi connectivity index (χ4n) is 6.72. The van der Waals surface area contributed by atoms with Crippen molar-refractivity contribution < 1.29 is 19.5 Å². The van der Waals surface area contributed by atoms with E-state index in [1.807, 2.05) is 6.92 Å². The third-order valence-electron chi connectivity index (χ3n) is 8.08. The first-order valence-electron chi connectivity index (χ1n) is 9.06. The monoisotopic (exact) mass is 318 g/mol. The number of ketones is 3. The Balaban J connectivity index is 1.68. The summed E-state index contributed by atoms with van der Waals surface area (Å²) in [5, 5.41) is 10.1. The second kappa shape index (κ2) is 4.75. The van der Waals surface area contributed by atoms with Crippen LogP contribution in [0.3, 0.4) is 0 Å². The highest BCUT2D eigenvalue weighted by Crippen LogP contribution is 2.64. The maximum atomic E-state index is 12.4. The molecule has 0 amide bonds. The summed E-state index contributed by atoms with van der Waals surface area (Å²) < 4.78 is 0. The van der Waals surface area contributed by atoms with Crippen molar-refractivity contribution in [3.63, 3.8) is 0 Å². The van der Waals surface area contributed by atoms with Crippen LogP contribution in [0.25, 0.3) is 0 Å². The second-order valence-electron chi connectivity index (χ2n) is 8.96. The maximum absolute atomic E-state index is 12.4. The van der Waals surface area contributed by atoms with Crippen LogP contribution in [-0.4, -0.2) is 28.6 Å². The lowest BCUT2D eigenvalue weighted by Gasteiger charge is -2.58. The smallest absolute Gasteiger partial charge is 0.198 e. The van der Waals surface area contributed by atoms with Crippen molar-refractivity contribution in [1.82, 2.24) is 0 Å². The van der Waals surface area contributed by atoms with Crippen molar-refractivity contribution in [2.24, 2.45) is 34.5 Å². The zero-order valence-electron chi connectivity index (χ0n) is 14.0. The van der Waals surface area contributed by atoms with Crippen molar-refractivity contribution in [3.8, 4) is 0 Å². The number of aliphatic hydroxyl groups excluding tert-OH is 1. The SMILES string of the molecule is C[C@]12CC(=O)C(=O)CC1CC[C@@H]1[C@@H]2CC[C@]2(C)C(=O)[C@@H](O)C[C@@H]12. The zero-order chi connectivity index (χ0) is 16.6. The van der Waals surface area contributed by atoms with E-state index in [1.165, 1.54) is 0 Å². The van der Waals surface area contributed by atoms with E-state index in [9.17, 15) is 19.5 Å². The number of rotatable bonds is 0. The van der Waals surface area contributed by atoms with Gasteiger partial charge in [-0.3, -0.25) is 14.4 Å². The first kappa shape index (κ1) is 15.5. The fraction of sp³-hybridized carbons (Fsp3) is 0.842. The Labute approximate surface area is 137 Å². The summed E-state index contributed by atoms with van der Waals surface area (Å²) in [5.41, 5.74) is -0.468. The Morgan fingerprint density at radius 3 is 2.48 bits per heavy atom. The molecule has 4 rings (SSSR count). The van der Waals surface area contributed by atoms with Crippen molar-refractivity contribution in [1.29, 1.82) is 0 Å². The van der Waals surface area contributed by atoms with E-state index in [4.69, 9.17) is 0 Å². The van der Waals surface area contributed by atoms with E-state index in [1.54, 1.807) is 0 Å². The molecule has 0 aromatic heterocycles. The predicted octanol–water partition coefficient (Wildman–Crippen LogP) is 2.32. The molecule has 0 heterocycles. The molecule has 23 heavy (non-hydrogen) atoms. The van der Waals surface area contributed by atoms with E-state index in [0.29, 0.717) is 37.0 Å². The minimum atomic E-state index is -0.802. The summed E-state index contributed by atoms with van der Waals surface area (Å²) in [5.74, 6) is 1.04. The quantitative estimate of drug-likeness (QED) is 0.696. The molecule has 0 saturated heterocycles. The number of fused-ring (bicyclic) bond motifs is 5. The minimum Gasteiger partial charge on any atom is -0.385 e. The standard InChI is InChI=1S/C19H26O4/c1-18-6-5-12-11(13(18)8-15(21)17(18)23)4-3-10-7-14(20)16(22)9-19(10,12)2/h10-13,15,21H,3-9H2,1-2H3/t10?,11-,12+,13+,15+,18+,19+/m1/s1. The molecule has 4 saturated carbocycles. The Morgan fingerprint density at radius 2 is 1.74 bits per heavy atom. The first-order chi connectivity index (χ1) is 10.8. The predicted molar refractivity (Wildman–Crippen MR) is 83.5 cm³/mol.